The monoisotopic (exact) mass is 383 g/mol. The third-order valence-corrected chi connectivity index (χ3v) is 5.66. The topological polar surface area (TPSA) is 90.3 Å². The second-order valence-electron chi connectivity index (χ2n) is 7.71. The van der Waals surface area contributed by atoms with Crippen LogP contribution in [0.5, 0.6) is 0 Å². The van der Waals surface area contributed by atoms with Gasteiger partial charge in [0.15, 0.2) is 6.10 Å². The molecule has 1 saturated carbocycles. The molecule has 0 bridgehead atoms. The largest absolute Gasteiger partial charge is 0.449 e. The van der Waals surface area contributed by atoms with Crippen molar-refractivity contribution in [1.29, 1.82) is 0 Å². The first kappa shape index (κ1) is 18.7. The highest BCUT2D eigenvalue weighted by molar-refractivity contribution is 5.95. The van der Waals surface area contributed by atoms with Crippen molar-refractivity contribution in [1.82, 2.24) is 14.9 Å². The molecule has 1 N–H and O–H groups in total. The molecule has 0 radical (unpaired) electrons. The van der Waals surface area contributed by atoms with E-state index in [4.69, 9.17) is 4.74 Å². The fourth-order valence-electron chi connectivity index (χ4n) is 4.06. The van der Waals surface area contributed by atoms with E-state index in [2.05, 4.69) is 10.3 Å². The minimum atomic E-state index is -0.872. The minimum absolute atomic E-state index is 0.0716. The van der Waals surface area contributed by atoms with Crippen LogP contribution in [0, 0.1) is 0 Å². The molecule has 2 heterocycles. The fourth-order valence-corrected chi connectivity index (χ4v) is 4.06. The molecule has 1 aromatic heterocycles. The van der Waals surface area contributed by atoms with Gasteiger partial charge in [-0.1, -0.05) is 19.3 Å². The zero-order valence-corrected chi connectivity index (χ0v) is 16.1. The first-order valence-electron chi connectivity index (χ1n) is 10.1. The summed E-state index contributed by atoms with van der Waals surface area (Å²) < 4.78 is 7.04. The number of aryl methyl sites for hydroxylation is 1. The maximum Gasteiger partial charge on any atom is 0.338 e. The van der Waals surface area contributed by atoms with Crippen LogP contribution in [0.2, 0.25) is 0 Å². The van der Waals surface area contributed by atoms with E-state index in [-0.39, 0.29) is 17.5 Å². The van der Waals surface area contributed by atoms with Gasteiger partial charge < -0.3 is 10.1 Å². The van der Waals surface area contributed by atoms with Crippen molar-refractivity contribution in [3.05, 3.63) is 39.9 Å². The molecule has 1 aromatic carbocycles. The van der Waals surface area contributed by atoms with E-state index in [9.17, 15) is 14.4 Å². The summed E-state index contributed by atoms with van der Waals surface area (Å²) in [5.41, 5.74) is 0.712. The average Bonchev–Trinajstić information content (AvgIpc) is 3.17. The molecule has 0 saturated heterocycles. The van der Waals surface area contributed by atoms with Crippen LogP contribution in [0.25, 0.3) is 10.9 Å². The molecule has 7 nitrogen and oxygen atoms in total. The standard InChI is InChI=1S/C21H25N3O4/c1-13(19(25)22-15-6-3-2-4-7-15)28-21(27)14-9-10-16-17(12-14)23-18-8-5-11-24(18)20(16)26/h9-10,12-13,15H,2-8,11H2,1H3,(H,22,25)/t13-/m0/s1. The van der Waals surface area contributed by atoms with Crippen molar-refractivity contribution in [2.24, 2.45) is 0 Å². The van der Waals surface area contributed by atoms with E-state index in [1.54, 1.807) is 29.7 Å². The van der Waals surface area contributed by atoms with Crippen molar-refractivity contribution in [3.63, 3.8) is 0 Å². The van der Waals surface area contributed by atoms with Gasteiger partial charge in [0.25, 0.3) is 11.5 Å². The Morgan fingerprint density at radius 2 is 2.00 bits per heavy atom. The predicted octanol–water partition coefficient (Wildman–Crippen LogP) is 2.34. The van der Waals surface area contributed by atoms with Crippen molar-refractivity contribution in [2.45, 2.75) is 70.6 Å². The summed E-state index contributed by atoms with van der Waals surface area (Å²) >= 11 is 0. The highest BCUT2D eigenvalue weighted by Gasteiger charge is 2.23. The average molecular weight is 383 g/mol. The van der Waals surface area contributed by atoms with Crippen molar-refractivity contribution < 1.29 is 14.3 Å². The smallest absolute Gasteiger partial charge is 0.338 e. The Kier molecular flexibility index (Phi) is 5.15. The van der Waals surface area contributed by atoms with E-state index in [1.165, 1.54) is 6.42 Å². The van der Waals surface area contributed by atoms with Crippen LogP contribution in [0.15, 0.2) is 23.0 Å². The lowest BCUT2D eigenvalue weighted by molar-refractivity contribution is -0.130. The molecule has 0 spiro atoms. The Balaban J connectivity index is 1.47. The summed E-state index contributed by atoms with van der Waals surface area (Å²) in [5, 5.41) is 3.46. The lowest BCUT2D eigenvalue weighted by atomic mass is 9.95. The first-order valence-corrected chi connectivity index (χ1v) is 10.1. The number of hydrogen-bond donors (Lipinski definition) is 1. The van der Waals surface area contributed by atoms with E-state index < -0.39 is 12.1 Å². The second kappa shape index (κ2) is 7.73. The number of esters is 1. The molecule has 1 atom stereocenters. The summed E-state index contributed by atoms with van der Waals surface area (Å²) in [4.78, 5) is 41.9. The lowest BCUT2D eigenvalue weighted by Crippen LogP contribution is -2.42. The Morgan fingerprint density at radius 3 is 2.79 bits per heavy atom. The number of carbonyl (C=O) groups is 2. The molecule has 1 aliphatic carbocycles. The molecule has 28 heavy (non-hydrogen) atoms. The summed E-state index contributed by atoms with van der Waals surface area (Å²) in [6.07, 6.45) is 6.19. The number of amides is 1. The summed E-state index contributed by atoms with van der Waals surface area (Å²) in [6, 6.07) is 4.91. The molecule has 1 fully saturated rings. The minimum Gasteiger partial charge on any atom is -0.449 e. The van der Waals surface area contributed by atoms with Gasteiger partial charge in [0.2, 0.25) is 0 Å². The van der Waals surface area contributed by atoms with Gasteiger partial charge in [-0.3, -0.25) is 14.2 Å². The van der Waals surface area contributed by atoms with E-state index >= 15 is 0 Å². The van der Waals surface area contributed by atoms with Crippen LogP contribution in [-0.4, -0.2) is 33.6 Å². The number of benzene rings is 1. The Morgan fingerprint density at radius 1 is 1.21 bits per heavy atom. The summed E-state index contributed by atoms with van der Waals surface area (Å²) in [7, 11) is 0. The van der Waals surface area contributed by atoms with Crippen molar-refractivity contribution in [3.8, 4) is 0 Å². The van der Waals surface area contributed by atoms with Gasteiger partial charge in [0.05, 0.1) is 16.5 Å². The van der Waals surface area contributed by atoms with Crippen LogP contribution in [-0.2, 0) is 22.5 Å². The summed E-state index contributed by atoms with van der Waals surface area (Å²) in [6.45, 7) is 2.27. The lowest BCUT2D eigenvalue weighted by Gasteiger charge is -2.24. The van der Waals surface area contributed by atoms with Crippen LogP contribution >= 0.6 is 0 Å². The van der Waals surface area contributed by atoms with E-state index in [0.29, 0.717) is 23.0 Å². The quantitative estimate of drug-likeness (QED) is 0.819. The molecular weight excluding hydrogens is 358 g/mol. The normalized spacial score (nSPS) is 17.9. The number of nitrogens with zero attached hydrogens (tertiary/aromatic N) is 2. The molecule has 2 aromatic rings. The van der Waals surface area contributed by atoms with Gasteiger partial charge in [-0.2, -0.15) is 0 Å². The highest BCUT2D eigenvalue weighted by atomic mass is 16.5. The highest BCUT2D eigenvalue weighted by Crippen LogP contribution is 2.19. The number of ether oxygens (including phenoxy) is 1. The maximum atomic E-state index is 12.5. The third-order valence-electron chi connectivity index (χ3n) is 5.66. The predicted molar refractivity (Wildman–Crippen MR) is 104 cm³/mol. The van der Waals surface area contributed by atoms with Crippen LogP contribution in [0.3, 0.4) is 0 Å². The maximum absolute atomic E-state index is 12.5. The van der Waals surface area contributed by atoms with Crippen molar-refractivity contribution >= 4 is 22.8 Å². The number of fused-ring (bicyclic) bond motifs is 2. The number of nitrogens with one attached hydrogen (secondary N) is 1. The Hall–Kier alpha value is -2.70. The van der Waals surface area contributed by atoms with Gasteiger partial charge >= 0.3 is 5.97 Å². The number of rotatable bonds is 4. The first-order chi connectivity index (χ1) is 13.5. The molecule has 1 aliphatic heterocycles. The van der Waals surface area contributed by atoms with Gasteiger partial charge in [-0.05, 0) is 44.4 Å². The van der Waals surface area contributed by atoms with E-state index in [1.807, 2.05) is 0 Å². The Labute approximate surface area is 163 Å². The Bertz CT molecular complexity index is 976. The van der Waals surface area contributed by atoms with Gasteiger partial charge in [0.1, 0.15) is 5.82 Å². The number of hydrogen-bond acceptors (Lipinski definition) is 5. The molecule has 0 unspecified atom stereocenters. The van der Waals surface area contributed by atoms with E-state index in [0.717, 1.165) is 44.3 Å². The number of aromatic nitrogens is 2. The van der Waals surface area contributed by atoms with Crippen molar-refractivity contribution in [2.75, 3.05) is 0 Å². The molecule has 2 aliphatic rings. The van der Waals surface area contributed by atoms with Gasteiger partial charge in [0, 0.05) is 19.0 Å². The zero-order chi connectivity index (χ0) is 19.7. The molecular formula is C21H25N3O4. The SMILES string of the molecule is C[C@H](OC(=O)c1ccc2c(=O)n3c(nc2c1)CCC3)C(=O)NC1CCCCC1. The zero-order valence-electron chi connectivity index (χ0n) is 16.1. The molecule has 7 heteroatoms. The molecule has 1 amide bonds. The third kappa shape index (κ3) is 3.66. The fraction of sp³-hybridized carbons (Fsp3) is 0.524. The number of carbonyl (C=O) groups excluding carboxylic acids is 2. The van der Waals surface area contributed by atoms with Gasteiger partial charge in [-0.25, -0.2) is 9.78 Å². The van der Waals surface area contributed by atoms with Crippen LogP contribution in [0.4, 0.5) is 0 Å². The second-order valence-corrected chi connectivity index (χ2v) is 7.71. The van der Waals surface area contributed by atoms with Gasteiger partial charge in [-0.15, -0.1) is 0 Å². The molecule has 4 rings (SSSR count). The summed E-state index contributed by atoms with van der Waals surface area (Å²) in [5.74, 6) is -0.103. The van der Waals surface area contributed by atoms with Crippen LogP contribution in [0.1, 0.15) is 61.6 Å². The van der Waals surface area contributed by atoms with Crippen LogP contribution < -0.4 is 10.9 Å². The molecule has 148 valence electrons.